The van der Waals surface area contributed by atoms with Crippen LogP contribution in [0.2, 0.25) is 0 Å². The van der Waals surface area contributed by atoms with Gasteiger partial charge in [0.1, 0.15) is 5.84 Å². The van der Waals surface area contributed by atoms with Crippen molar-refractivity contribution in [1.29, 1.82) is 5.26 Å². The summed E-state index contributed by atoms with van der Waals surface area (Å²) in [6, 6.07) is 9.78. The van der Waals surface area contributed by atoms with Gasteiger partial charge in [0.2, 0.25) is 0 Å². The normalized spacial score (nSPS) is 13.2. The molecule has 0 aromatic heterocycles. The smallest absolute Gasteiger partial charge is 0.125 e. The second kappa shape index (κ2) is 5.37. The minimum absolute atomic E-state index is 0.291. The fourth-order valence-electron chi connectivity index (χ4n) is 1.20. The summed E-state index contributed by atoms with van der Waals surface area (Å²) in [6.07, 6.45) is 1.53. The number of hydrogen-bond acceptors (Lipinski definition) is 3. The van der Waals surface area contributed by atoms with Gasteiger partial charge in [-0.1, -0.05) is 17.7 Å². The van der Waals surface area contributed by atoms with Crippen LogP contribution in [0.1, 0.15) is 19.4 Å². The van der Waals surface area contributed by atoms with Gasteiger partial charge in [-0.15, -0.1) is 0 Å². The molecule has 0 aliphatic carbocycles. The lowest BCUT2D eigenvalue weighted by Crippen LogP contribution is -2.22. The van der Waals surface area contributed by atoms with Gasteiger partial charge in [0, 0.05) is 11.8 Å². The number of nitrogens with two attached hydrogens (primary N) is 2. The zero-order chi connectivity index (χ0) is 13.8. The van der Waals surface area contributed by atoms with E-state index in [1.807, 2.05) is 31.2 Å². The first kappa shape index (κ1) is 13.8. The summed E-state index contributed by atoms with van der Waals surface area (Å²) in [6.45, 7) is 5.47. The van der Waals surface area contributed by atoms with Crippen LogP contribution in [0, 0.1) is 23.7 Å². The lowest BCUT2D eigenvalue weighted by atomic mass is 9.91. The molecular weight excluding hydrogens is 224 g/mol. The Balaban J connectivity index is 2.95. The topological polar surface area (TPSA) is 88.2 Å². The molecule has 0 unspecified atom stereocenters. The monoisotopic (exact) mass is 242 g/mol. The zero-order valence-corrected chi connectivity index (χ0v) is 10.9. The first-order valence-electron chi connectivity index (χ1n) is 5.65. The molecule has 4 heteroatoms. The van der Waals surface area contributed by atoms with E-state index < -0.39 is 5.41 Å². The molecule has 4 N–H and O–H groups in total. The average Bonchev–Trinajstić information content (AvgIpc) is 2.32. The van der Waals surface area contributed by atoms with Crippen LogP contribution in [0.3, 0.4) is 0 Å². The van der Waals surface area contributed by atoms with E-state index in [-0.39, 0.29) is 0 Å². The molecule has 1 rings (SSSR count). The first-order chi connectivity index (χ1) is 8.35. The summed E-state index contributed by atoms with van der Waals surface area (Å²) in [5.74, 6) is 0.291. The van der Waals surface area contributed by atoms with Crippen molar-refractivity contribution in [2.24, 2.45) is 21.9 Å². The number of amidine groups is 1. The maximum absolute atomic E-state index is 8.95. The molecule has 0 aliphatic heterocycles. The molecule has 0 saturated heterocycles. The number of nitriles is 1. The van der Waals surface area contributed by atoms with Crippen LogP contribution < -0.4 is 11.5 Å². The van der Waals surface area contributed by atoms with E-state index in [0.717, 1.165) is 11.3 Å². The minimum atomic E-state index is -0.743. The molecule has 0 fully saturated rings. The lowest BCUT2D eigenvalue weighted by molar-refractivity contribution is 0.589. The summed E-state index contributed by atoms with van der Waals surface area (Å²) in [5.41, 5.74) is 13.2. The van der Waals surface area contributed by atoms with Crippen LogP contribution >= 0.6 is 0 Å². The van der Waals surface area contributed by atoms with E-state index in [0.29, 0.717) is 11.5 Å². The van der Waals surface area contributed by atoms with Gasteiger partial charge in [0.25, 0.3) is 0 Å². The van der Waals surface area contributed by atoms with Crippen LogP contribution in [0.15, 0.2) is 41.0 Å². The summed E-state index contributed by atoms with van der Waals surface area (Å²) in [4.78, 5) is 4.22. The Morgan fingerprint density at radius 1 is 1.28 bits per heavy atom. The molecule has 0 atom stereocenters. The van der Waals surface area contributed by atoms with Crippen molar-refractivity contribution < 1.29 is 0 Å². The van der Waals surface area contributed by atoms with Gasteiger partial charge in [-0.25, -0.2) is 4.99 Å². The number of benzene rings is 1. The Kier molecular flexibility index (Phi) is 4.11. The van der Waals surface area contributed by atoms with Gasteiger partial charge >= 0.3 is 0 Å². The third-order valence-electron chi connectivity index (χ3n) is 2.60. The molecule has 0 radical (unpaired) electrons. The molecular formula is C14H18N4. The fraction of sp³-hybridized carbons (Fsp3) is 0.286. The summed E-state index contributed by atoms with van der Waals surface area (Å²) >= 11 is 0. The van der Waals surface area contributed by atoms with Crippen molar-refractivity contribution in [3.8, 4) is 6.07 Å². The Hall–Kier alpha value is -2.28. The highest BCUT2D eigenvalue weighted by Crippen LogP contribution is 2.20. The van der Waals surface area contributed by atoms with Crippen molar-refractivity contribution >= 4 is 11.5 Å². The molecule has 4 nitrogen and oxygen atoms in total. The number of hydrogen-bond donors (Lipinski definition) is 2. The third-order valence-corrected chi connectivity index (χ3v) is 2.60. The van der Waals surface area contributed by atoms with Crippen LogP contribution in [0.5, 0.6) is 0 Å². The van der Waals surface area contributed by atoms with Gasteiger partial charge < -0.3 is 11.5 Å². The van der Waals surface area contributed by atoms with Gasteiger partial charge in [-0.3, -0.25) is 0 Å². The van der Waals surface area contributed by atoms with Gasteiger partial charge in [-0.05, 0) is 32.9 Å². The molecule has 0 amide bonds. The van der Waals surface area contributed by atoms with Crippen LogP contribution in [0.4, 0.5) is 5.69 Å². The van der Waals surface area contributed by atoms with Crippen LogP contribution in [-0.4, -0.2) is 5.84 Å². The number of allylic oxidation sites excluding steroid dienone is 1. The second-order valence-electron chi connectivity index (χ2n) is 4.71. The van der Waals surface area contributed by atoms with Crippen molar-refractivity contribution in [2.75, 3.05) is 0 Å². The highest BCUT2D eigenvalue weighted by molar-refractivity contribution is 5.94. The Labute approximate surface area is 108 Å². The zero-order valence-electron chi connectivity index (χ0n) is 10.9. The maximum atomic E-state index is 8.95. The predicted molar refractivity (Wildman–Crippen MR) is 74.1 cm³/mol. The molecule has 1 aromatic rings. The molecule has 94 valence electrons. The molecule has 0 heterocycles. The summed E-state index contributed by atoms with van der Waals surface area (Å²) in [7, 11) is 0. The fourth-order valence-corrected chi connectivity index (χ4v) is 1.20. The van der Waals surface area contributed by atoms with Gasteiger partial charge in [0.05, 0.1) is 17.2 Å². The highest BCUT2D eigenvalue weighted by atomic mass is 14.9. The van der Waals surface area contributed by atoms with E-state index in [1.165, 1.54) is 6.08 Å². The van der Waals surface area contributed by atoms with Gasteiger partial charge in [-0.2, -0.15) is 5.26 Å². The number of aliphatic imine (C=N–C) groups is 1. The van der Waals surface area contributed by atoms with Gasteiger partial charge in [0.15, 0.2) is 0 Å². The molecule has 0 aliphatic rings. The second-order valence-corrected chi connectivity index (χ2v) is 4.71. The average molecular weight is 242 g/mol. The summed E-state index contributed by atoms with van der Waals surface area (Å²) < 4.78 is 0. The van der Waals surface area contributed by atoms with Crippen molar-refractivity contribution in [3.63, 3.8) is 0 Å². The largest absolute Gasteiger partial charge is 0.401 e. The van der Waals surface area contributed by atoms with E-state index in [1.54, 1.807) is 13.8 Å². The van der Waals surface area contributed by atoms with E-state index in [2.05, 4.69) is 11.1 Å². The number of nitrogens with zero attached hydrogens (tertiary/aromatic N) is 2. The Morgan fingerprint density at radius 3 is 2.33 bits per heavy atom. The van der Waals surface area contributed by atoms with Crippen molar-refractivity contribution in [1.82, 2.24) is 0 Å². The Morgan fingerprint density at radius 2 is 1.83 bits per heavy atom. The quantitative estimate of drug-likeness (QED) is 0.630. The van der Waals surface area contributed by atoms with Crippen LogP contribution in [-0.2, 0) is 0 Å². The van der Waals surface area contributed by atoms with Crippen molar-refractivity contribution in [2.45, 2.75) is 20.8 Å². The molecule has 0 bridgehead atoms. The van der Waals surface area contributed by atoms with E-state index in [4.69, 9.17) is 16.7 Å². The third kappa shape index (κ3) is 3.63. The minimum Gasteiger partial charge on any atom is -0.401 e. The predicted octanol–water partition coefficient (Wildman–Crippen LogP) is 2.38. The SMILES string of the molecule is Cc1ccc(N=C(N)C=C(N)C(C)(C)C#N)cc1. The number of rotatable bonds is 3. The van der Waals surface area contributed by atoms with Crippen LogP contribution in [0.25, 0.3) is 0 Å². The van der Waals surface area contributed by atoms with E-state index >= 15 is 0 Å². The first-order valence-corrected chi connectivity index (χ1v) is 5.65. The molecule has 0 saturated carbocycles. The standard InChI is InChI=1S/C14H18N4/c1-10-4-6-11(7-5-10)18-13(17)8-12(16)14(2,3)9-15/h4-8H,16H2,1-3H3,(H2,17,18). The molecule has 0 spiro atoms. The highest BCUT2D eigenvalue weighted by Gasteiger charge is 2.20. The lowest BCUT2D eigenvalue weighted by Gasteiger charge is -2.15. The molecule has 1 aromatic carbocycles. The van der Waals surface area contributed by atoms with Crippen molar-refractivity contribution in [3.05, 3.63) is 41.6 Å². The van der Waals surface area contributed by atoms with E-state index in [9.17, 15) is 0 Å². The summed E-state index contributed by atoms with van der Waals surface area (Å²) in [5, 5.41) is 8.95. The number of aryl methyl sites for hydroxylation is 1. The Bertz CT molecular complexity index is 516. The maximum Gasteiger partial charge on any atom is 0.125 e. The molecule has 18 heavy (non-hydrogen) atoms.